The maximum absolute atomic E-state index is 12.3. The minimum atomic E-state index is -0.773. The number of anilines is 2. The molecule has 0 saturated heterocycles. The van der Waals surface area contributed by atoms with Gasteiger partial charge in [0, 0.05) is 16.9 Å². The van der Waals surface area contributed by atoms with Crippen LogP contribution in [0.4, 0.5) is 11.4 Å². The van der Waals surface area contributed by atoms with Crippen LogP contribution >= 0.6 is 0 Å². The van der Waals surface area contributed by atoms with Crippen LogP contribution in [-0.4, -0.2) is 24.5 Å². The van der Waals surface area contributed by atoms with Gasteiger partial charge < -0.3 is 21.1 Å². The summed E-state index contributed by atoms with van der Waals surface area (Å²) in [5, 5.41) is 5.66. The zero-order valence-electron chi connectivity index (χ0n) is 14.7. The summed E-state index contributed by atoms with van der Waals surface area (Å²) in [5.74, 6) is 0.340. The normalized spacial score (nSPS) is 15.3. The van der Waals surface area contributed by atoms with Gasteiger partial charge in [-0.05, 0) is 61.4 Å². The molecular formula is C20H23N3O3. The van der Waals surface area contributed by atoms with Gasteiger partial charge >= 0.3 is 0 Å². The number of hydrogen-bond donors (Lipinski definition) is 3. The summed E-state index contributed by atoms with van der Waals surface area (Å²) in [6.45, 7) is 0. The first-order chi connectivity index (χ1) is 12.5. The van der Waals surface area contributed by atoms with Crippen LogP contribution in [0.1, 0.15) is 36.0 Å². The number of carbonyl (C=O) groups is 2. The number of hydrogen-bond acceptors (Lipinski definition) is 4. The van der Waals surface area contributed by atoms with Crippen molar-refractivity contribution in [3.8, 4) is 5.75 Å². The second-order valence-electron chi connectivity index (χ2n) is 6.58. The molecule has 0 atom stereocenters. The third-order valence-electron chi connectivity index (χ3n) is 4.70. The smallest absolute Gasteiger partial charge is 0.255 e. The van der Waals surface area contributed by atoms with Crippen molar-refractivity contribution in [1.82, 2.24) is 0 Å². The Morgan fingerprint density at radius 3 is 2.04 bits per heavy atom. The quantitative estimate of drug-likeness (QED) is 0.770. The van der Waals surface area contributed by atoms with Crippen LogP contribution in [0.3, 0.4) is 0 Å². The Labute approximate surface area is 152 Å². The Morgan fingerprint density at radius 1 is 0.923 bits per heavy atom. The molecular weight excluding hydrogens is 330 g/mol. The molecule has 1 aliphatic rings. The van der Waals surface area contributed by atoms with Crippen LogP contribution in [-0.2, 0) is 4.79 Å². The van der Waals surface area contributed by atoms with E-state index in [1.165, 1.54) is 0 Å². The molecule has 0 radical (unpaired) electrons. The molecule has 2 amide bonds. The van der Waals surface area contributed by atoms with Gasteiger partial charge in [0.25, 0.3) is 5.91 Å². The number of ether oxygens (including phenoxy) is 1. The number of methoxy groups -OCH3 is 1. The molecule has 136 valence electrons. The number of nitrogens with one attached hydrogen (secondary N) is 2. The maximum Gasteiger partial charge on any atom is 0.255 e. The second kappa shape index (κ2) is 7.58. The van der Waals surface area contributed by atoms with Gasteiger partial charge in [0.15, 0.2) is 0 Å². The summed E-state index contributed by atoms with van der Waals surface area (Å²) in [6, 6.07) is 13.9. The van der Waals surface area contributed by atoms with E-state index in [4.69, 9.17) is 10.5 Å². The molecule has 6 heteroatoms. The first-order valence-corrected chi connectivity index (χ1v) is 8.66. The fraction of sp³-hybridized carbons (Fsp3) is 0.300. The van der Waals surface area contributed by atoms with E-state index in [-0.39, 0.29) is 11.8 Å². The van der Waals surface area contributed by atoms with Crippen molar-refractivity contribution in [2.75, 3.05) is 17.7 Å². The predicted molar refractivity (Wildman–Crippen MR) is 101 cm³/mol. The third kappa shape index (κ3) is 4.03. The largest absolute Gasteiger partial charge is 0.497 e. The molecule has 2 aromatic rings. The highest BCUT2D eigenvalue weighted by Crippen LogP contribution is 2.28. The molecule has 0 spiro atoms. The monoisotopic (exact) mass is 353 g/mol. The SMILES string of the molecule is COc1ccc(NC(=O)c2ccc(NC(=O)C3(N)CCCC3)cc2)cc1. The van der Waals surface area contributed by atoms with Crippen molar-refractivity contribution in [2.24, 2.45) is 5.73 Å². The van der Waals surface area contributed by atoms with E-state index in [0.29, 0.717) is 29.8 Å². The molecule has 26 heavy (non-hydrogen) atoms. The lowest BCUT2D eigenvalue weighted by molar-refractivity contribution is -0.121. The van der Waals surface area contributed by atoms with Gasteiger partial charge in [0.1, 0.15) is 5.75 Å². The Bertz CT molecular complexity index is 779. The number of carbonyl (C=O) groups excluding carboxylic acids is 2. The molecule has 0 aromatic heterocycles. The van der Waals surface area contributed by atoms with E-state index in [0.717, 1.165) is 18.6 Å². The lowest BCUT2D eigenvalue weighted by atomic mass is 9.98. The Balaban J connectivity index is 1.61. The van der Waals surface area contributed by atoms with Crippen LogP contribution < -0.4 is 21.1 Å². The molecule has 1 fully saturated rings. The van der Waals surface area contributed by atoms with Gasteiger partial charge in [0.05, 0.1) is 12.6 Å². The fourth-order valence-electron chi connectivity index (χ4n) is 3.07. The molecule has 2 aromatic carbocycles. The number of amides is 2. The lowest BCUT2D eigenvalue weighted by Gasteiger charge is -2.22. The lowest BCUT2D eigenvalue weighted by Crippen LogP contribution is -2.48. The van der Waals surface area contributed by atoms with Gasteiger partial charge in [-0.3, -0.25) is 9.59 Å². The highest BCUT2D eigenvalue weighted by molar-refractivity contribution is 6.05. The maximum atomic E-state index is 12.3. The van der Waals surface area contributed by atoms with E-state index in [1.807, 2.05) is 0 Å². The highest BCUT2D eigenvalue weighted by atomic mass is 16.5. The Hall–Kier alpha value is -2.86. The van der Waals surface area contributed by atoms with Crippen molar-refractivity contribution in [1.29, 1.82) is 0 Å². The highest BCUT2D eigenvalue weighted by Gasteiger charge is 2.36. The average Bonchev–Trinajstić information content (AvgIpc) is 3.11. The van der Waals surface area contributed by atoms with Gasteiger partial charge in [0.2, 0.25) is 5.91 Å². The summed E-state index contributed by atoms with van der Waals surface area (Å²) in [6.07, 6.45) is 3.38. The molecule has 3 rings (SSSR count). The van der Waals surface area contributed by atoms with Crippen LogP contribution in [0.15, 0.2) is 48.5 Å². The van der Waals surface area contributed by atoms with Gasteiger partial charge in [-0.1, -0.05) is 12.8 Å². The van der Waals surface area contributed by atoms with E-state index in [2.05, 4.69) is 10.6 Å². The van der Waals surface area contributed by atoms with Gasteiger partial charge in [-0.15, -0.1) is 0 Å². The Morgan fingerprint density at radius 2 is 1.46 bits per heavy atom. The first-order valence-electron chi connectivity index (χ1n) is 8.66. The minimum absolute atomic E-state index is 0.162. The van der Waals surface area contributed by atoms with Crippen molar-refractivity contribution < 1.29 is 14.3 Å². The summed E-state index contributed by atoms with van der Waals surface area (Å²) in [5.41, 5.74) is 7.19. The minimum Gasteiger partial charge on any atom is -0.497 e. The second-order valence-corrected chi connectivity index (χ2v) is 6.58. The van der Waals surface area contributed by atoms with Crippen molar-refractivity contribution in [3.63, 3.8) is 0 Å². The zero-order chi connectivity index (χ0) is 18.6. The summed E-state index contributed by atoms with van der Waals surface area (Å²) in [4.78, 5) is 24.6. The summed E-state index contributed by atoms with van der Waals surface area (Å²) < 4.78 is 5.09. The van der Waals surface area contributed by atoms with Gasteiger partial charge in [-0.25, -0.2) is 0 Å². The standard InChI is InChI=1S/C20H23N3O3/c1-26-17-10-8-15(9-11-17)22-18(24)14-4-6-16(7-5-14)23-19(25)20(21)12-2-3-13-20/h4-11H,2-3,12-13,21H2,1H3,(H,22,24)(H,23,25). The van der Waals surface area contributed by atoms with Gasteiger partial charge in [-0.2, -0.15) is 0 Å². The first kappa shape index (κ1) is 17.9. The van der Waals surface area contributed by atoms with E-state index in [1.54, 1.807) is 55.6 Å². The van der Waals surface area contributed by atoms with Crippen LogP contribution in [0, 0.1) is 0 Å². The van der Waals surface area contributed by atoms with Crippen LogP contribution in [0.25, 0.3) is 0 Å². The van der Waals surface area contributed by atoms with Crippen LogP contribution in [0.5, 0.6) is 5.75 Å². The van der Waals surface area contributed by atoms with Crippen molar-refractivity contribution in [2.45, 2.75) is 31.2 Å². The van der Waals surface area contributed by atoms with Crippen molar-refractivity contribution in [3.05, 3.63) is 54.1 Å². The predicted octanol–water partition coefficient (Wildman–Crippen LogP) is 3.16. The molecule has 0 bridgehead atoms. The molecule has 0 unspecified atom stereocenters. The van der Waals surface area contributed by atoms with E-state index >= 15 is 0 Å². The number of benzene rings is 2. The molecule has 0 heterocycles. The van der Waals surface area contributed by atoms with E-state index in [9.17, 15) is 9.59 Å². The zero-order valence-corrected chi connectivity index (χ0v) is 14.7. The topological polar surface area (TPSA) is 93.5 Å². The molecule has 4 N–H and O–H groups in total. The number of rotatable bonds is 5. The van der Waals surface area contributed by atoms with Crippen molar-refractivity contribution >= 4 is 23.2 Å². The summed E-state index contributed by atoms with van der Waals surface area (Å²) in [7, 11) is 1.59. The molecule has 1 saturated carbocycles. The third-order valence-corrected chi connectivity index (χ3v) is 4.70. The molecule has 1 aliphatic carbocycles. The molecule has 0 aliphatic heterocycles. The van der Waals surface area contributed by atoms with E-state index < -0.39 is 5.54 Å². The summed E-state index contributed by atoms with van der Waals surface area (Å²) >= 11 is 0. The fourth-order valence-corrected chi connectivity index (χ4v) is 3.07. The number of nitrogens with two attached hydrogens (primary N) is 1. The van der Waals surface area contributed by atoms with Crippen LogP contribution in [0.2, 0.25) is 0 Å². The molecule has 6 nitrogen and oxygen atoms in total. The average molecular weight is 353 g/mol. The Kier molecular flexibility index (Phi) is 5.23.